The lowest BCUT2D eigenvalue weighted by molar-refractivity contribution is -0.117. The lowest BCUT2D eigenvalue weighted by atomic mass is 9.98. The monoisotopic (exact) mass is 342 g/mol. The van der Waals surface area contributed by atoms with Crippen molar-refractivity contribution in [2.75, 3.05) is 5.32 Å². The van der Waals surface area contributed by atoms with E-state index in [1.807, 2.05) is 25.1 Å². The Balaban J connectivity index is 1.80. The van der Waals surface area contributed by atoms with Gasteiger partial charge in [-0.2, -0.15) is 5.10 Å². The predicted molar refractivity (Wildman–Crippen MR) is 97.9 cm³/mol. The van der Waals surface area contributed by atoms with Crippen molar-refractivity contribution in [3.8, 4) is 0 Å². The van der Waals surface area contributed by atoms with Gasteiger partial charge in [-0.3, -0.25) is 9.36 Å². The summed E-state index contributed by atoms with van der Waals surface area (Å²) in [5.74, 6) is 0.891. The molecule has 134 valence electrons. The van der Waals surface area contributed by atoms with Gasteiger partial charge in [-0.1, -0.05) is 38.5 Å². The van der Waals surface area contributed by atoms with Gasteiger partial charge in [-0.15, -0.1) is 0 Å². The van der Waals surface area contributed by atoms with E-state index >= 15 is 0 Å². The van der Waals surface area contributed by atoms with Gasteiger partial charge in [0.1, 0.15) is 12.4 Å². The number of fused-ring (bicyclic) bond motifs is 1. The number of hydrogen-bond donors (Lipinski definition) is 1. The van der Waals surface area contributed by atoms with Crippen LogP contribution in [0.15, 0.2) is 23.0 Å². The van der Waals surface area contributed by atoms with Gasteiger partial charge in [0, 0.05) is 18.7 Å². The van der Waals surface area contributed by atoms with Gasteiger partial charge < -0.3 is 5.32 Å². The Hall–Kier alpha value is -2.37. The molecule has 25 heavy (non-hydrogen) atoms. The largest absolute Gasteiger partial charge is 0.346 e. The Kier molecular flexibility index (Phi) is 5.06. The van der Waals surface area contributed by atoms with Crippen LogP contribution >= 0.6 is 0 Å². The van der Waals surface area contributed by atoms with Gasteiger partial charge in [-0.05, 0) is 36.8 Å². The second-order valence-electron chi connectivity index (χ2n) is 7.06. The van der Waals surface area contributed by atoms with E-state index in [9.17, 15) is 9.59 Å². The van der Waals surface area contributed by atoms with E-state index in [2.05, 4.69) is 24.3 Å². The third kappa shape index (κ3) is 3.67. The van der Waals surface area contributed by atoms with Crippen molar-refractivity contribution < 1.29 is 4.79 Å². The molecule has 2 heterocycles. The first-order valence-corrected chi connectivity index (χ1v) is 9.03. The third-order valence-electron chi connectivity index (χ3n) is 4.77. The molecule has 0 radical (unpaired) electrons. The number of para-hydroxylation sites is 1. The SMILES string of the molecule is Cc1cccc(C(C)C)c1NC(=O)Cn1nc2n(c1=O)CCCCC2. The minimum absolute atomic E-state index is 0.0509. The Labute approximate surface area is 147 Å². The van der Waals surface area contributed by atoms with Gasteiger partial charge >= 0.3 is 5.69 Å². The van der Waals surface area contributed by atoms with E-state index in [-0.39, 0.29) is 18.1 Å². The zero-order chi connectivity index (χ0) is 18.0. The van der Waals surface area contributed by atoms with Crippen molar-refractivity contribution in [2.45, 2.75) is 65.5 Å². The topological polar surface area (TPSA) is 68.9 Å². The van der Waals surface area contributed by atoms with Crippen molar-refractivity contribution in [1.29, 1.82) is 0 Å². The minimum atomic E-state index is -0.216. The summed E-state index contributed by atoms with van der Waals surface area (Å²) in [4.78, 5) is 25.0. The molecule has 1 aliphatic heterocycles. The highest BCUT2D eigenvalue weighted by atomic mass is 16.2. The number of hydrogen-bond acceptors (Lipinski definition) is 3. The summed E-state index contributed by atoms with van der Waals surface area (Å²) in [6.45, 7) is 6.82. The highest BCUT2D eigenvalue weighted by Crippen LogP contribution is 2.27. The van der Waals surface area contributed by atoms with Crippen molar-refractivity contribution in [3.05, 3.63) is 45.6 Å². The average Bonchev–Trinajstić information content (AvgIpc) is 2.74. The molecule has 1 aromatic carbocycles. The summed E-state index contributed by atoms with van der Waals surface area (Å²) in [7, 11) is 0. The highest BCUT2D eigenvalue weighted by Gasteiger charge is 2.18. The van der Waals surface area contributed by atoms with Crippen LogP contribution in [-0.4, -0.2) is 20.3 Å². The molecule has 0 unspecified atom stereocenters. The molecule has 1 aliphatic rings. The van der Waals surface area contributed by atoms with Gasteiger partial charge in [0.2, 0.25) is 5.91 Å². The smallest absolute Gasteiger partial charge is 0.324 e. The number of nitrogens with zero attached hydrogens (tertiary/aromatic N) is 3. The number of anilines is 1. The Morgan fingerprint density at radius 1 is 1.28 bits per heavy atom. The zero-order valence-corrected chi connectivity index (χ0v) is 15.2. The van der Waals surface area contributed by atoms with Crippen LogP contribution in [0.5, 0.6) is 0 Å². The zero-order valence-electron chi connectivity index (χ0n) is 15.2. The fourth-order valence-electron chi connectivity index (χ4n) is 3.39. The fourth-order valence-corrected chi connectivity index (χ4v) is 3.39. The highest BCUT2D eigenvalue weighted by molar-refractivity contribution is 5.92. The number of carbonyl (C=O) groups is 1. The molecular weight excluding hydrogens is 316 g/mol. The molecule has 1 aromatic heterocycles. The van der Waals surface area contributed by atoms with Crippen molar-refractivity contribution >= 4 is 11.6 Å². The summed E-state index contributed by atoms with van der Waals surface area (Å²) in [6, 6.07) is 6.00. The number of amides is 1. The van der Waals surface area contributed by atoms with E-state index in [0.717, 1.165) is 48.3 Å². The van der Waals surface area contributed by atoms with E-state index in [1.54, 1.807) is 4.57 Å². The normalized spacial score (nSPS) is 14.2. The summed E-state index contributed by atoms with van der Waals surface area (Å²) < 4.78 is 3.01. The second kappa shape index (κ2) is 7.25. The van der Waals surface area contributed by atoms with Gasteiger partial charge in [0.25, 0.3) is 0 Å². The van der Waals surface area contributed by atoms with Crippen LogP contribution in [-0.2, 0) is 24.3 Å². The van der Waals surface area contributed by atoms with Crippen LogP contribution in [0.3, 0.4) is 0 Å². The molecule has 0 fully saturated rings. The summed E-state index contributed by atoms with van der Waals surface area (Å²) in [6.07, 6.45) is 3.96. The number of nitrogens with one attached hydrogen (secondary N) is 1. The summed E-state index contributed by atoms with van der Waals surface area (Å²) in [5.41, 5.74) is 2.78. The molecule has 1 amide bonds. The van der Waals surface area contributed by atoms with Gasteiger partial charge in [0.05, 0.1) is 0 Å². The maximum Gasteiger partial charge on any atom is 0.346 e. The molecule has 0 spiro atoms. The predicted octanol–water partition coefficient (Wildman–Crippen LogP) is 2.84. The van der Waals surface area contributed by atoms with E-state index < -0.39 is 0 Å². The Morgan fingerprint density at radius 2 is 2.08 bits per heavy atom. The molecule has 6 heteroatoms. The van der Waals surface area contributed by atoms with Crippen LogP contribution in [0.1, 0.15) is 56.0 Å². The number of rotatable bonds is 4. The Bertz CT molecular complexity index is 832. The molecule has 1 N–H and O–H groups in total. The number of carbonyl (C=O) groups excluding carboxylic acids is 1. The van der Waals surface area contributed by atoms with Crippen LogP contribution in [0.2, 0.25) is 0 Å². The molecule has 2 aromatic rings. The standard InChI is InChI=1S/C19H26N4O2/c1-13(2)15-9-7-8-14(3)18(15)20-17(24)12-23-19(25)22-11-6-4-5-10-16(22)21-23/h7-9,13H,4-6,10-12H2,1-3H3,(H,20,24). The van der Waals surface area contributed by atoms with E-state index in [0.29, 0.717) is 12.5 Å². The lowest BCUT2D eigenvalue weighted by Gasteiger charge is -2.16. The number of aromatic nitrogens is 3. The number of aryl methyl sites for hydroxylation is 2. The minimum Gasteiger partial charge on any atom is -0.324 e. The first-order valence-electron chi connectivity index (χ1n) is 9.03. The number of benzene rings is 1. The quantitative estimate of drug-likeness (QED) is 0.929. The maximum atomic E-state index is 12.5. The molecule has 0 atom stereocenters. The fraction of sp³-hybridized carbons (Fsp3) is 0.526. The Morgan fingerprint density at radius 3 is 2.84 bits per heavy atom. The van der Waals surface area contributed by atoms with Crippen LogP contribution < -0.4 is 11.0 Å². The first-order chi connectivity index (χ1) is 12.0. The van der Waals surface area contributed by atoms with Crippen LogP contribution in [0.25, 0.3) is 0 Å². The van der Waals surface area contributed by atoms with Crippen molar-refractivity contribution in [2.24, 2.45) is 0 Å². The molecule has 6 nitrogen and oxygen atoms in total. The molecule has 3 rings (SSSR count). The lowest BCUT2D eigenvalue weighted by Crippen LogP contribution is -2.30. The maximum absolute atomic E-state index is 12.5. The molecule has 0 aliphatic carbocycles. The van der Waals surface area contributed by atoms with Gasteiger partial charge in [-0.25, -0.2) is 9.48 Å². The van der Waals surface area contributed by atoms with Crippen molar-refractivity contribution in [1.82, 2.24) is 14.3 Å². The molecule has 0 bridgehead atoms. The summed E-state index contributed by atoms with van der Waals surface area (Å²) in [5, 5.41) is 7.36. The second-order valence-corrected chi connectivity index (χ2v) is 7.06. The third-order valence-corrected chi connectivity index (χ3v) is 4.77. The van der Waals surface area contributed by atoms with E-state index in [1.165, 1.54) is 4.68 Å². The van der Waals surface area contributed by atoms with Gasteiger partial charge in [0.15, 0.2) is 0 Å². The molecule has 0 saturated heterocycles. The van der Waals surface area contributed by atoms with Crippen LogP contribution in [0, 0.1) is 6.92 Å². The van der Waals surface area contributed by atoms with Crippen molar-refractivity contribution in [3.63, 3.8) is 0 Å². The first kappa shape index (κ1) is 17.5. The average molecular weight is 342 g/mol. The van der Waals surface area contributed by atoms with E-state index in [4.69, 9.17) is 0 Å². The molecular formula is C19H26N4O2. The summed E-state index contributed by atoms with van der Waals surface area (Å²) >= 11 is 0. The van der Waals surface area contributed by atoms with Crippen LogP contribution in [0.4, 0.5) is 5.69 Å². The molecule has 0 saturated carbocycles.